The van der Waals surface area contributed by atoms with Crippen LogP contribution in [-0.4, -0.2) is 16.1 Å². The maximum absolute atomic E-state index is 11.2. The number of aromatic carboxylic acids is 1. The van der Waals surface area contributed by atoms with Crippen LogP contribution in [0.25, 0.3) is 11.0 Å². The summed E-state index contributed by atoms with van der Waals surface area (Å²) in [6, 6.07) is 4.63. The first-order chi connectivity index (χ1) is 8.90. The molecule has 0 bridgehead atoms. The van der Waals surface area contributed by atoms with Crippen LogP contribution < -0.4 is 4.74 Å². The molecule has 0 aliphatic carbocycles. The summed E-state index contributed by atoms with van der Waals surface area (Å²) in [5.41, 5.74) is 0.494. The molecule has 1 N–H and O–H groups in total. The number of fused-ring (bicyclic) bond motifs is 1. The van der Waals surface area contributed by atoms with Crippen molar-refractivity contribution in [2.75, 3.05) is 0 Å². The lowest BCUT2D eigenvalue weighted by Crippen LogP contribution is -2.01. The number of furan rings is 1. The summed E-state index contributed by atoms with van der Waals surface area (Å²) >= 11 is 11.1. The number of alkyl halides is 2. The molecule has 0 radical (unpaired) electrons. The third kappa shape index (κ3) is 2.80. The number of carboxylic acid groups (broad SMARTS) is 1. The normalized spacial score (nSPS) is 11.5. The molecule has 0 saturated carbocycles. The highest BCUT2D eigenvalue weighted by Gasteiger charge is 2.19. The molecule has 2 rings (SSSR count). The highest BCUT2D eigenvalue weighted by molar-refractivity contribution is 6.43. The van der Waals surface area contributed by atoms with E-state index in [2.05, 4.69) is 0 Å². The number of hydrogen-bond acceptors (Lipinski definition) is 3. The Kier molecular flexibility index (Phi) is 3.92. The van der Waals surface area contributed by atoms with Crippen LogP contribution in [-0.2, 0) is 0 Å². The monoisotopic (exact) mass is 302 g/mol. The Morgan fingerprint density at radius 1 is 1.37 bits per heavy atom. The summed E-state index contributed by atoms with van der Waals surface area (Å²) in [7, 11) is 0. The van der Waals surface area contributed by atoms with Crippen molar-refractivity contribution in [3.8, 4) is 5.75 Å². The van der Waals surface area contributed by atoms with Gasteiger partial charge in [-0.05, 0) is 18.2 Å². The molecule has 102 valence electrons. The molecule has 0 aliphatic rings. The van der Waals surface area contributed by atoms with E-state index >= 15 is 0 Å². The summed E-state index contributed by atoms with van der Waals surface area (Å²) in [4.78, 5) is 11.2. The number of carbonyl (C=O) groups is 1. The first-order valence-corrected chi connectivity index (χ1v) is 6.52. The van der Waals surface area contributed by atoms with Crippen LogP contribution in [0.15, 0.2) is 22.6 Å². The van der Waals surface area contributed by atoms with Gasteiger partial charge in [0.15, 0.2) is 11.3 Å². The fourth-order valence-electron chi connectivity index (χ4n) is 1.78. The predicted octanol–water partition coefficient (Wildman–Crippen LogP) is 4.39. The van der Waals surface area contributed by atoms with E-state index in [1.165, 1.54) is 12.1 Å². The van der Waals surface area contributed by atoms with E-state index in [4.69, 9.17) is 37.5 Å². The van der Waals surface area contributed by atoms with Crippen molar-refractivity contribution in [2.24, 2.45) is 0 Å². The molecule has 1 aromatic heterocycles. The number of ether oxygens (including phenoxy) is 1. The van der Waals surface area contributed by atoms with Gasteiger partial charge >= 0.3 is 5.97 Å². The minimum absolute atomic E-state index is 0.129. The number of rotatable bonds is 4. The van der Waals surface area contributed by atoms with Gasteiger partial charge in [-0.3, -0.25) is 0 Å². The summed E-state index contributed by atoms with van der Waals surface area (Å²) in [6.07, 6.45) is 0. The zero-order chi connectivity index (χ0) is 14.2. The highest BCUT2D eigenvalue weighted by atomic mass is 35.5. The van der Waals surface area contributed by atoms with E-state index in [1.807, 2.05) is 13.8 Å². The minimum atomic E-state index is -1.05. The average Bonchev–Trinajstić information content (AvgIpc) is 2.73. The van der Waals surface area contributed by atoms with Crippen molar-refractivity contribution in [3.05, 3.63) is 29.5 Å². The lowest BCUT2D eigenvalue weighted by molar-refractivity contribution is 0.0699. The van der Waals surface area contributed by atoms with Crippen molar-refractivity contribution < 1.29 is 19.1 Å². The van der Waals surface area contributed by atoms with Crippen molar-refractivity contribution in [1.29, 1.82) is 0 Å². The molecule has 0 aliphatic heterocycles. The summed E-state index contributed by atoms with van der Waals surface area (Å²) in [6.45, 7) is 3.90. The van der Waals surface area contributed by atoms with Gasteiger partial charge in [-0.1, -0.05) is 37.0 Å². The molecule has 0 amide bonds. The Hall–Kier alpha value is -1.39. The first-order valence-electron chi connectivity index (χ1n) is 5.64. The van der Waals surface area contributed by atoms with Crippen LogP contribution >= 0.6 is 23.2 Å². The number of benzene rings is 1. The second-order valence-electron chi connectivity index (χ2n) is 4.34. The first kappa shape index (κ1) is 14.0. The van der Waals surface area contributed by atoms with Gasteiger partial charge in [0.2, 0.25) is 5.02 Å². The maximum atomic E-state index is 11.2. The summed E-state index contributed by atoms with van der Waals surface area (Å²) in [5.74, 6) is 0.0989. The van der Waals surface area contributed by atoms with Gasteiger partial charge in [-0.2, -0.15) is 0 Å². The van der Waals surface area contributed by atoms with E-state index in [9.17, 15) is 4.79 Å². The van der Waals surface area contributed by atoms with Crippen LogP contribution in [0.5, 0.6) is 5.75 Å². The van der Waals surface area contributed by atoms with E-state index in [1.54, 1.807) is 6.07 Å². The van der Waals surface area contributed by atoms with Gasteiger partial charge in [0.05, 0.1) is 5.56 Å². The molecule has 0 fully saturated rings. The third-order valence-corrected chi connectivity index (χ3v) is 2.86. The molecular formula is C13H12Cl2O4. The Labute approximate surface area is 119 Å². The molecular weight excluding hydrogens is 291 g/mol. The largest absolute Gasteiger partial charge is 0.478 e. The van der Waals surface area contributed by atoms with Crippen LogP contribution in [0.3, 0.4) is 0 Å². The molecule has 4 nitrogen and oxygen atoms in total. The Balaban J connectivity index is 2.67. The highest BCUT2D eigenvalue weighted by Crippen LogP contribution is 2.35. The standard InChI is InChI=1S/C13H12Cl2O4/c1-6(2)10-5-8-7(12(16)17)3-4-9(11(8)18-10)19-13(14)15/h3-6,13H,1-2H3,(H,16,17). The number of hydrogen-bond donors (Lipinski definition) is 1. The van der Waals surface area contributed by atoms with Crippen LogP contribution in [0.1, 0.15) is 35.9 Å². The second kappa shape index (κ2) is 5.31. The van der Waals surface area contributed by atoms with Crippen LogP contribution in [0.4, 0.5) is 0 Å². The maximum Gasteiger partial charge on any atom is 0.336 e. The van der Waals surface area contributed by atoms with Gasteiger partial charge < -0.3 is 14.3 Å². The molecule has 0 unspecified atom stereocenters. The molecule has 6 heteroatoms. The molecule has 0 spiro atoms. The minimum Gasteiger partial charge on any atom is -0.478 e. The SMILES string of the molecule is CC(C)c1cc2c(C(=O)O)ccc(OC(Cl)Cl)c2o1. The number of carboxylic acids is 1. The van der Waals surface area contributed by atoms with Crippen LogP contribution in [0, 0.1) is 0 Å². The topological polar surface area (TPSA) is 59.7 Å². The predicted molar refractivity (Wildman–Crippen MR) is 73.4 cm³/mol. The van der Waals surface area contributed by atoms with Crippen molar-refractivity contribution in [2.45, 2.75) is 24.8 Å². The van der Waals surface area contributed by atoms with E-state index in [0.717, 1.165) is 0 Å². The molecule has 0 saturated heterocycles. The van der Waals surface area contributed by atoms with E-state index in [0.29, 0.717) is 22.5 Å². The molecule has 0 atom stereocenters. The van der Waals surface area contributed by atoms with E-state index in [-0.39, 0.29) is 11.5 Å². The van der Waals surface area contributed by atoms with Crippen molar-refractivity contribution >= 4 is 40.1 Å². The lowest BCUT2D eigenvalue weighted by Gasteiger charge is -2.07. The smallest absolute Gasteiger partial charge is 0.336 e. The zero-order valence-electron chi connectivity index (χ0n) is 10.3. The van der Waals surface area contributed by atoms with Gasteiger partial charge in [0.25, 0.3) is 0 Å². The van der Waals surface area contributed by atoms with E-state index < -0.39 is 11.0 Å². The molecule has 2 aromatic rings. The van der Waals surface area contributed by atoms with Gasteiger partial charge in [-0.25, -0.2) is 4.79 Å². The third-order valence-electron chi connectivity index (χ3n) is 2.68. The average molecular weight is 303 g/mol. The van der Waals surface area contributed by atoms with Gasteiger partial charge in [0, 0.05) is 11.3 Å². The van der Waals surface area contributed by atoms with Crippen molar-refractivity contribution in [1.82, 2.24) is 0 Å². The zero-order valence-corrected chi connectivity index (χ0v) is 11.8. The fourth-order valence-corrected chi connectivity index (χ4v) is 1.97. The molecule has 19 heavy (non-hydrogen) atoms. The molecule has 1 heterocycles. The summed E-state index contributed by atoms with van der Waals surface area (Å²) in [5, 5.41) is 8.59. The van der Waals surface area contributed by atoms with Crippen LogP contribution in [0.2, 0.25) is 0 Å². The van der Waals surface area contributed by atoms with Gasteiger partial charge in [-0.15, -0.1) is 0 Å². The fraction of sp³-hybridized carbons (Fsp3) is 0.308. The summed E-state index contributed by atoms with van der Waals surface area (Å²) < 4.78 is 10.8. The van der Waals surface area contributed by atoms with Gasteiger partial charge in [0.1, 0.15) is 5.76 Å². The second-order valence-corrected chi connectivity index (χ2v) is 5.36. The van der Waals surface area contributed by atoms with Crippen molar-refractivity contribution in [3.63, 3.8) is 0 Å². The number of halogens is 2. The lowest BCUT2D eigenvalue weighted by atomic mass is 10.1. The Morgan fingerprint density at radius 3 is 2.58 bits per heavy atom. The Bertz CT molecular complexity index is 616. The quantitative estimate of drug-likeness (QED) is 0.851. The molecule has 1 aromatic carbocycles. The Morgan fingerprint density at radius 2 is 2.05 bits per heavy atom.